The molecule has 1 atom stereocenters. The van der Waals surface area contributed by atoms with Crippen LogP contribution in [-0.2, 0) is 9.84 Å². The molecular weight excluding hydrogens is 236 g/mol. The van der Waals surface area contributed by atoms with Gasteiger partial charge in [0.15, 0.2) is 9.84 Å². The summed E-state index contributed by atoms with van der Waals surface area (Å²) in [5, 5.41) is 0. The SMILES string of the molecule is C[C@@H](N)c1ccc(N2CCS(=O)(=O)CC2)cc1. The summed E-state index contributed by atoms with van der Waals surface area (Å²) in [5.41, 5.74) is 7.95. The van der Waals surface area contributed by atoms with Crippen LogP contribution in [-0.4, -0.2) is 33.0 Å². The molecule has 1 aliphatic heterocycles. The summed E-state index contributed by atoms with van der Waals surface area (Å²) in [5.74, 6) is 0.504. The topological polar surface area (TPSA) is 63.4 Å². The van der Waals surface area contributed by atoms with Gasteiger partial charge in [0.2, 0.25) is 0 Å². The molecule has 94 valence electrons. The summed E-state index contributed by atoms with van der Waals surface area (Å²) in [6.07, 6.45) is 0. The van der Waals surface area contributed by atoms with E-state index < -0.39 is 9.84 Å². The maximum absolute atomic E-state index is 11.3. The van der Waals surface area contributed by atoms with Gasteiger partial charge in [-0.25, -0.2) is 8.42 Å². The van der Waals surface area contributed by atoms with E-state index in [9.17, 15) is 8.42 Å². The maximum Gasteiger partial charge on any atom is 0.153 e. The molecule has 0 spiro atoms. The summed E-state index contributed by atoms with van der Waals surface area (Å²) >= 11 is 0. The Labute approximate surface area is 102 Å². The summed E-state index contributed by atoms with van der Waals surface area (Å²) < 4.78 is 22.7. The Morgan fingerprint density at radius 1 is 1.18 bits per heavy atom. The van der Waals surface area contributed by atoms with Gasteiger partial charge in [-0.2, -0.15) is 0 Å². The molecule has 1 aromatic rings. The van der Waals surface area contributed by atoms with Gasteiger partial charge >= 0.3 is 0 Å². The standard InChI is InChI=1S/C12H18N2O2S/c1-10(13)11-2-4-12(5-3-11)14-6-8-17(15,16)9-7-14/h2-5,10H,6-9,13H2,1H3/t10-/m1/s1. The van der Waals surface area contributed by atoms with E-state index in [1.54, 1.807) is 0 Å². The highest BCUT2D eigenvalue weighted by molar-refractivity contribution is 7.91. The van der Waals surface area contributed by atoms with Crippen LogP contribution < -0.4 is 10.6 Å². The van der Waals surface area contributed by atoms with Crippen molar-refractivity contribution in [2.24, 2.45) is 5.73 Å². The summed E-state index contributed by atoms with van der Waals surface area (Å²) in [6, 6.07) is 8.06. The van der Waals surface area contributed by atoms with Crippen LogP contribution >= 0.6 is 0 Å². The molecule has 0 aromatic heterocycles. The molecule has 1 saturated heterocycles. The first-order valence-corrected chi connectivity index (χ1v) is 7.61. The van der Waals surface area contributed by atoms with E-state index in [0.29, 0.717) is 13.1 Å². The lowest BCUT2D eigenvalue weighted by Crippen LogP contribution is -2.40. The highest BCUT2D eigenvalue weighted by atomic mass is 32.2. The molecule has 0 amide bonds. The number of hydrogen-bond acceptors (Lipinski definition) is 4. The highest BCUT2D eigenvalue weighted by Gasteiger charge is 2.21. The summed E-state index contributed by atoms with van der Waals surface area (Å²) in [4.78, 5) is 2.10. The van der Waals surface area contributed by atoms with Crippen LogP contribution in [0.3, 0.4) is 0 Å². The monoisotopic (exact) mass is 254 g/mol. The van der Waals surface area contributed by atoms with Crippen molar-refractivity contribution >= 4 is 15.5 Å². The van der Waals surface area contributed by atoms with Gasteiger partial charge in [-0.15, -0.1) is 0 Å². The lowest BCUT2D eigenvalue weighted by Gasteiger charge is -2.28. The number of hydrogen-bond donors (Lipinski definition) is 1. The Balaban J connectivity index is 2.09. The Morgan fingerprint density at radius 2 is 1.71 bits per heavy atom. The van der Waals surface area contributed by atoms with Crippen molar-refractivity contribution < 1.29 is 8.42 Å². The summed E-state index contributed by atoms with van der Waals surface area (Å²) in [6.45, 7) is 3.11. The Hall–Kier alpha value is -1.07. The van der Waals surface area contributed by atoms with Crippen molar-refractivity contribution in [3.05, 3.63) is 29.8 Å². The van der Waals surface area contributed by atoms with E-state index in [1.165, 1.54) is 0 Å². The molecule has 1 aromatic carbocycles. The molecule has 4 nitrogen and oxygen atoms in total. The average Bonchev–Trinajstić information content (AvgIpc) is 2.29. The number of benzene rings is 1. The van der Waals surface area contributed by atoms with Crippen molar-refractivity contribution in [3.63, 3.8) is 0 Å². The van der Waals surface area contributed by atoms with Crippen molar-refractivity contribution in [1.82, 2.24) is 0 Å². The van der Waals surface area contributed by atoms with Crippen LogP contribution in [0.4, 0.5) is 5.69 Å². The second-order valence-electron chi connectivity index (χ2n) is 4.52. The third-order valence-corrected chi connectivity index (χ3v) is 4.74. The molecule has 5 heteroatoms. The normalized spacial score (nSPS) is 21.2. The van der Waals surface area contributed by atoms with Crippen molar-refractivity contribution in [2.45, 2.75) is 13.0 Å². The minimum absolute atomic E-state index is 0.0331. The number of nitrogens with two attached hydrogens (primary N) is 1. The van der Waals surface area contributed by atoms with E-state index in [0.717, 1.165) is 11.3 Å². The van der Waals surface area contributed by atoms with E-state index in [1.807, 2.05) is 31.2 Å². The number of anilines is 1. The van der Waals surface area contributed by atoms with Crippen LogP contribution in [0.25, 0.3) is 0 Å². The lowest BCUT2D eigenvalue weighted by atomic mass is 10.1. The lowest BCUT2D eigenvalue weighted by molar-refractivity contribution is 0.587. The molecule has 0 aliphatic carbocycles. The average molecular weight is 254 g/mol. The zero-order valence-electron chi connectivity index (χ0n) is 9.96. The fourth-order valence-electron chi connectivity index (χ4n) is 1.96. The predicted molar refractivity (Wildman–Crippen MR) is 69.9 cm³/mol. The first-order chi connectivity index (χ1) is 7.98. The maximum atomic E-state index is 11.3. The Morgan fingerprint density at radius 3 is 2.18 bits per heavy atom. The van der Waals surface area contributed by atoms with Crippen LogP contribution in [0.15, 0.2) is 24.3 Å². The Bertz CT molecular complexity index is 466. The van der Waals surface area contributed by atoms with Gasteiger partial charge < -0.3 is 10.6 Å². The first kappa shape index (κ1) is 12.4. The zero-order valence-corrected chi connectivity index (χ0v) is 10.8. The second kappa shape index (κ2) is 4.66. The molecule has 1 fully saturated rings. The predicted octanol–water partition coefficient (Wildman–Crippen LogP) is 0.941. The summed E-state index contributed by atoms with van der Waals surface area (Å²) in [7, 11) is -2.81. The number of rotatable bonds is 2. The van der Waals surface area contributed by atoms with Crippen molar-refractivity contribution in [1.29, 1.82) is 0 Å². The van der Waals surface area contributed by atoms with Crippen LogP contribution in [0.5, 0.6) is 0 Å². The van der Waals surface area contributed by atoms with Gasteiger partial charge in [0.1, 0.15) is 0 Å². The second-order valence-corrected chi connectivity index (χ2v) is 6.82. The molecule has 0 radical (unpaired) electrons. The molecule has 0 bridgehead atoms. The molecule has 0 unspecified atom stereocenters. The fraction of sp³-hybridized carbons (Fsp3) is 0.500. The van der Waals surface area contributed by atoms with Gasteiger partial charge in [0, 0.05) is 24.8 Å². The molecule has 2 N–H and O–H groups in total. The van der Waals surface area contributed by atoms with E-state index in [2.05, 4.69) is 4.90 Å². The van der Waals surface area contributed by atoms with Crippen LogP contribution in [0, 0.1) is 0 Å². The van der Waals surface area contributed by atoms with Gasteiger partial charge in [-0.1, -0.05) is 12.1 Å². The fourth-order valence-corrected chi connectivity index (χ4v) is 3.16. The minimum atomic E-state index is -2.81. The van der Waals surface area contributed by atoms with Gasteiger partial charge in [0.05, 0.1) is 11.5 Å². The molecule has 1 heterocycles. The smallest absolute Gasteiger partial charge is 0.153 e. The molecule has 17 heavy (non-hydrogen) atoms. The Kier molecular flexibility index (Phi) is 3.40. The minimum Gasteiger partial charge on any atom is -0.369 e. The van der Waals surface area contributed by atoms with Gasteiger partial charge in [-0.3, -0.25) is 0 Å². The highest BCUT2D eigenvalue weighted by Crippen LogP contribution is 2.19. The van der Waals surface area contributed by atoms with E-state index >= 15 is 0 Å². The largest absolute Gasteiger partial charge is 0.369 e. The molecule has 1 aliphatic rings. The quantitative estimate of drug-likeness (QED) is 0.853. The number of sulfone groups is 1. The molecule has 2 rings (SSSR count). The van der Waals surface area contributed by atoms with Crippen LogP contribution in [0.1, 0.15) is 18.5 Å². The number of nitrogens with zero attached hydrogens (tertiary/aromatic N) is 1. The van der Waals surface area contributed by atoms with Crippen LogP contribution in [0.2, 0.25) is 0 Å². The zero-order chi connectivity index (χ0) is 12.5. The molecular formula is C12H18N2O2S. The van der Waals surface area contributed by atoms with Gasteiger partial charge in [0.25, 0.3) is 0 Å². The third-order valence-electron chi connectivity index (χ3n) is 3.13. The van der Waals surface area contributed by atoms with Crippen molar-refractivity contribution in [2.75, 3.05) is 29.5 Å². The third kappa shape index (κ3) is 2.98. The van der Waals surface area contributed by atoms with Gasteiger partial charge in [-0.05, 0) is 24.6 Å². The van der Waals surface area contributed by atoms with E-state index in [4.69, 9.17) is 5.73 Å². The molecule has 0 saturated carbocycles. The first-order valence-electron chi connectivity index (χ1n) is 5.79. The van der Waals surface area contributed by atoms with E-state index in [-0.39, 0.29) is 17.5 Å². The van der Waals surface area contributed by atoms with Crippen molar-refractivity contribution in [3.8, 4) is 0 Å².